The zero-order valence-corrected chi connectivity index (χ0v) is 23.6. The maximum atomic E-state index is 13.8. The van der Waals surface area contributed by atoms with Gasteiger partial charge in [0.05, 0.1) is 22.2 Å². The summed E-state index contributed by atoms with van der Waals surface area (Å²) in [7, 11) is 1.65. The second kappa shape index (κ2) is 11.5. The van der Waals surface area contributed by atoms with Gasteiger partial charge in [-0.3, -0.25) is 9.59 Å². The maximum Gasteiger partial charge on any atom is 0.413 e. The number of carbonyl (C=O) groups excluding carboxylic acids is 3. The highest BCUT2D eigenvalue weighted by Crippen LogP contribution is 2.31. The fourth-order valence-corrected chi connectivity index (χ4v) is 5.43. The van der Waals surface area contributed by atoms with Crippen LogP contribution in [-0.2, 0) is 9.59 Å². The van der Waals surface area contributed by atoms with E-state index in [0.717, 1.165) is 16.1 Å². The molecule has 206 valence electrons. The van der Waals surface area contributed by atoms with Gasteiger partial charge in [-0.05, 0) is 42.2 Å². The SMILES string of the molecule is Cc1ncsc1-c1ccc(N(C)C(=O)[C@@H]2C[C@@H](O)CN2C(=O)[C@@H](NC(=O)Oc2ccccc2)C(C)(C)C)cc1. The Balaban J connectivity index is 1.50. The van der Waals surface area contributed by atoms with Gasteiger partial charge in [0.15, 0.2) is 0 Å². The van der Waals surface area contributed by atoms with Gasteiger partial charge < -0.3 is 25.0 Å². The zero-order chi connectivity index (χ0) is 28.3. The van der Waals surface area contributed by atoms with Gasteiger partial charge in [-0.15, -0.1) is 11.3 Å². The first-order valence-electron chi connectivity index (χ1n) is 12.8. The summed E-state index contributed by atoms with van der Waals surface area (Å²) in [6.45, 7) is 7.41. The molecule has 3 amide bonds. The molecule has 39 heavy (non-hydrogen) atoms. The summed E-state index contributed by atoms with van der Waals surface area (Å²) in [4.78, 5) is 48.3. The lowest BCUT2D eigenvalue weighted by Crippen LogP contribution is -2.58. The van der Waals surface area contributed by atoms with Gasteiger partial charge in [0.1, 0.15) is 17.8 Å². The Kier molecular flexibility index (Phi) is 8.36. The number of hydrogen-bond acceptors (Lipinski definition) is 7. The number of likely N-dealkylation sites (N-methyl/N-ethyl adjacent to an activating group) is 1. The van der Waals surface area contributed by atoms with E-state index < -0.39 is 35.6 Å². The van der Waals surface area contributed by atoms with E-state index >= 15 is 0 Å². The van der Waals surface area contributed by atoms with E-state index in [0.29, 0.717) is 11.4 Å². The van der Waals surface area contributed by atoms with Crippen molar-refractivity contribution < 1.29 is 24.2 Å². The second-order valence-electron chi connectivity index (χ2n) is 10.8. The van der Waals surface area contributed by atoms with Crippen LogP contribution in [-0.4, -0.2) is 64.7 Å². The summed E-state index contributed by atoms with van der Waals surface area (Å²) in [5.41, 5.74) is 3.73. The van der Waals surface area contributed by atoms with Gasteiger partial charge in [0.2, 0.25) is 11.8 Å². The molecule has 3 aromatic rings. The largest absolute Gasteiger partial charge is 0.413 e. The Morgan fingerprint density at radius 1 is 1.13 bits per heavy atom. The van der Waals surface area contributed by atoms with Crippen LogP contribution in [0.5, 0.6) is 5.75 Å². The average molecular weight is 551 g/mol. The maximum absolute atomic E-state index is 13.8. The molecule has 9 nitrogen and oxygen atoms in total. The molecule has 1 fully saturated rings. The van der Waals surface area contributed by atoms with Crippen molar-refractivity contribution >= 4 is 34.9 Å². The molecule has 1 aliphatic heterocycles. The van der Waals surface area contributed by atoms with Gasteiger partial charge >= 0.3 is 6.09 Å². The van der Waals surface area contributed by atoms with Crippen molar-refractivity contribution in [2.24, 2.45) is 5.41 Å². The number of nitrogens with zero attached hydrogens (tertiary/aromatic N) is 3. The third kappa shape index (κ3) is 6.46. The Labute approximate surface area is 232 Å². The first kappa shape index (κ1) is 28.3. The number of aliphatic hydroxyl groups excluding tert-OH is 1. The summed E-state index contributed by atoms with van der Waals surface area (Å²) in [5, 5.41) is 13.1. The highest BCUT2D eigenvalue weighted by atomic mass is 32.1. The summed E-state index contributed by atoms with van der Waals surface area (Å²) in [5.74, 6) is -0.425. The minimum atomic E-state index is -0.985. The van der Waals surface area contributed by atoms with Gasteiger partial charge in [-0.1, -0.05) is 51.1 Å². The molecule has 10 heteroatoms. The van der Waals surface area contributed by atoms with Crippen LogP contribution in [0.1, 0.15) is 32.9 Å². The van der Waals surface area contributed by atoms with E-state index in [1.54, 1.807) is 54.2 Å². The monoisotopic (exact) mass is 550 g/mol. The number of rotatable bonds is 6. The Morgan fingerprint density at radius 2 is 1.79 bits per heavy atom. The fraction of sp³-hybridized carbons (Fsp3) is 0.379. The molecule has 0 bridgehead atoms. The Hall–Kier alpha value is -3.76. The number of thiazole rings is 1. The van der Waals surface area contributed by atoms with E-state index in [9.17, 15) is 19.5 Å². The van der Waals surface area contributed by atoms with Crippen LogP contribution in [0.2, 0.25) is 0 Å². The van der Waals surface area contributed by atoms with Crippen LogP contribution in [0.25, 0.3) is 10.4 Å². The molecule has 1 saturated heterocycles. The van der Waals surface area contributed by atoms with E-state index in [1.165, 1.54) is 9.80 Å². The number of ether oxygens (including phenoxy) is 1. The number of nitrogens with one attached hydrogen (secondary N) is 1. The summed E-state index contributed by atoms with van der Waals surface area (Å²) < 4.78 is 5.34. The normalized spacial score (nSPS) is 17.9. The number of likely N-dealkylation sites (tertiary alicyclic amines) is 1. The number of amides is 3. The highest BCUT2D eigenvalue weighted by molar-refractivity contribution is 7.13. The van der Waals surface area contributed by atoms with Crippen LogP contribution in [0.4, 0.5) is 10.5 Å². The smallest absolute Gasteiger partial charge is 0.410 e. The molecule has 2 heterocycles. The van der Waals surface area contributed by atoms with Crippen LogP contribution in [0.3, 0.4) is 0 Å². The number of aryl methyl sites for hydroxylation is 1. The lowest BCUT2D eigenvalue weighted by Gasteiger charge is -2.35. The van der Waals surface area contributed by atoms with E-state index in [4.69, 9.17) is 4.74 Å². The number of aromatic nitrogens is 1. The number of hydrogen-bond donors (Lipinski definition) is 2. The molecule has 0 saturated carbocycles. The minimum Gasteiger partial charge on any atom is -0.410 e. The van der Waals surface area contributed by atoms with Gasteiger partial charge in [0, 0.05) is 25.7 Å². The third-order valence-electron chi connectivity index (χ3n) is 6.77. The fourth-order valence-electron chi connectivity index (χ4n) is 4.61. The molecular weight excluding hydrogens is 516 g/mol. The lowest BCUT2D eigenvalue weighted by molar-refractivity contribution is -0.141. The van der Waals surface area contributed by atoms with Crippen molar-refractivity contribution in [3.63, 3.8) is 0 Å². The molecule has 0 aliphatic carbocycles. The van der Waals surface area contributed by atoms with Crippen LogP contribution in [0.15, 0.2) is 60.1 Å². The standard InChI is InChI=1S/C29H34N4O5S/c1-18-24(39-17-30-18)19-11-13-20(14-12-19)32(5)26(35)23-15-21(34)16-33(23)27(36)25(29(2,3)4)31-28(37)38-22-9-7-6-8-10-22/h6-14,17,21,23,25,34H,15-16H2,1-5H3,(H,31,37)/t21-,23+,25-/m1/s1. The predicted molar refractivity (Wildman–Crippen MR) is 151 cm³/mol. The average Bonchev–Trinajstić information content (AvgIpc) is 3.51. The lowest BCUT2D eigenvalue weighted by atomic mass is 9.85. The molecular formula is C29H34N4O5S. The number of β-amino-alcohol motifs (C(OH)–C–C–N with tert-alkyl or cyclic N) is 1. The molecule has 1 aromatic heterocycles. The van der Waals surface area contributed by atoms with Crippen LogP contribution in [0, 0.1) is 12.3 Å². The second-order valence-corrected chi connectivity index (χ2v) is 11.6. The number of anilines is 1. The summed E-state index contributed by atoms with van der Waals surface area (Å²) >= 11 is 1.55. The predicted octanol–water partition coefficient (Wildman–Crippen LogP) is 4.25. The van der Waals surface area contributed by atoms with Crippen molar-refractivity contribution in [1.29, 1.82) is 0 Å². The number of para-hydroxylation sites is 1. The molecule has 1 aliphatic rings. The van der Waals surface area contributed by atoms with E-state index in [1.807, 2.05) is 52.0 Å². The third-order valence-corrected chi connectivity index (χ3v) is 7.75. The Morgan fingerprint density at radius 3 is 2.38 bits per heavy atom. The summed E-state index contributed by atoms with van der Waals surface area (Å²) in [6, 6.07) is 14.3. The van der Waals surface area contributed by atoms with E-state index in [2.05, 4.69) is 10.3 Å². The zero-order valence-electron chi connectivity index (χ0n) is 22.7. The van der Waals surface area contributed by atoms with Crippen molar-refractivity contribution in [1.82, 2.24) is 15.2 Å². The van der Waals surface area contributed by atoms with Gasteiger partial charge in [0.25, 0.3) is 0 Å². The molecule has 2 aromatic carbocycles. The molecule has 3 atom stereocenters. The molecule has 0 radical (unpaired) electrons. The number of carbonyl (C=O) groups is 3. The number of aliphatic hydroxyl groups is 1. The molecule has 0 unspecified atom stereocenters. The van der Waals surface area contributed by atoms with Gasteiger partial charge in [-0.2, -0.15) is 0 Å². The molecule has 0 spiro atoms. The number of benzene rings is 2. The minimum absolute atomic E-state index is 0.00529. The van der Waals surface area contributed by atoms with Gasteiger partial charge in [-0.25, -0.2) is 9.78 Å². The quantitative estimate of drug-likeness (QED) is 0.475. The molecule has 4 rings (SSSR count). The van der Waals surface area contributed by atoms with Crippen molar-refractivity contribution in [3.05, 3.63) is 65.8 Å². The molecule has 2 N–H and O–H groups in total. The van der Waals surface area contributed by atoms with Crippen molar-refractivity contribution in [3.8, 4) is 16.2 Å². The first-order valence-corrected chi connectivity index (χ1v) is 13.6. The van der Waals surface area contributed by atoms with E-state index in [-0.39, 0.29) is 18.9 Å². The summed E-state index contributed by atoms with van der Waals surface area (Å²) in [6.07, 6.45) is -1.52. The Bertz CT molecular complexity index is 1320. The van der Waals surface area contributed by atoms with Crippen LogP contribution >= 0.6 is 11.3 Å². The van der Waals surface area contributed by atoms with Crippen molar-refractivity contribution in [2.75, 3.05) is 18.5 Å². The topological polar surface area (TPSA) is 112 Å². The highest BCUT2D eigenvalue weighted by Gasteiger charge is 2.45. The van der Waals surface area contributed by atoms with Crippen LogP contribution < -0.4 is 15.0 Å². The van der Waals surface area contributed by atoms with Crippen molar-refractivity contribution in [2.45, 2.75) is 52.3 Å². The first-order chi connectivity index (χ1) is 18.5.